The number of nitrogens with one attached hydrogen (secondary N) is 1. The van der Waals surface area contributed by atoms with Gasteiger partial charge in [-0.3, -0.25) is 0 Å². The second-order valence-corrected chi connectivity index (χ2v) is 6.35. The molecule has 1 heterocycles. The Kier molecular flexibility index (Phi) is 8.67. The first-order chi connectivity index (χ1) is 9.18. The number of hydrogen-bond acceptors (Lipinski definition) is 3. The molecule has 1 fully saturated rings. The first kappa shape index (κ1) is 16.9. The first-order valence-corrected chi connectivity index (χ1v) is 8.05. The molecule has 0 saturated carbocycles. The SMILES string of the molecule is CCCCOCCC1(CNCC(C)C)CCOCC1. The van der Waals surface area contributed by atoms with Crippen LogP contribution in [0.5, 0.6) is 0 Å². The maximum atomic E-state index is 5.76. The van der Waals surface area contributed by atoms with Gasteiger partial charge in [-0.1, -0.05) is 27.2 Å². The molecule has 0 aromatic heterocycles. The summed E-state index contributed by atoms with van der Waals surface area (Å²) < 4.78 is 11.3. The lowest BCUT2D eigenvalue weighted by Crippen LogP contribution is -2.41. The van der Waals surface area contributed by atoms with E-state index < -0.39 is 0 Å². The molecule has 0 amide bonds. The van der Waals surface area contributed by atoms with Crippen molar-refractivity contribution in [3.8, 4) is 0 Å². The van der Waals surface area contributed by atoms with Crippen LogP contribution in [0.25, 0.3) is 0 Å². The highest BCUT2D eigenvalue weighted by Gasteiger charge is 2.31. The normalized spacial score (nSPS) is 18.9. The summed E-state index contributed by atoms with van der Waals surface area (Å²) >= 11 is 0. The van der Waals surface area contributed by atoms with Crippen molar-refractivity contribution in [1.29, 1.82) is 0 Å². The van der Waals surface area contributed by atoms with Gasteiger partial charge < -0.3 is 14.8 Å². The molecule has 3 heteroatoms. The Hall–Kier alpha value is -0.120. The molecule has 3 nitrogen and oxygen atoms in total. The van der Waals surface area contributed by atoms with Gasteiger partial charge in [0.1, 0.15) is 0 Å². The second kappa shape index (κ2) is 9.73. The molecule has 0 radical (unpaired) electrons. The Morgan fingerprint density at radius 2 is 1.95 bits per heavy atom. The van der Waals surface area contributed by atoms with Crippen LogP contribution in [-0.4, -0.2) is 39.5 Å². The molecular weight excluding hydrogens is 238 g/mol. The van der Waals surface area contributed by atoms with Crippen LogP contribution >= 0.6 is 0 Å². The van der Waals surface area contributed by atoms with Crippen LogP contribution in [-0.2, 0) is 9.47 Å². The van der Waals surface area contributed by atoms with Crippen LogP contribution in [0.1, 0.15) is 52.9 Å². The van der Waals surface area contributed by atoms with Gasteiger partial charge in [0, 0.05) is 33.0 Å². The topological polar surface area (TPSA) is 30.5 Å². The minimum Gasteiger partial charge on any atom is -0.381 e. The smallest absolute Gasteiger partial charge is 0.0471 e. The third-order valence-electron chi connectivity index (χ3n) is 4.03. The monoisotopic (exact) mass is 271 g/mol. The Bertz CT molecular complexity index is 213. The van der Waals surface area contributed by atoms with Crippen LogP contribution in [0.15, 0.2) is 0 Å². The van der Waals surface area contributed by atoms with E-state index in [2.05, 4.69) is 26.1 Å². The summed E-state index contributed by atoms with van der Waals surface area (Å²) in [5.41, 5.74) is 0.402. The standard InChI is InChI=1S/C16H33NO2/c1-4-5-9-18-10-6-16(7-11-19-12-8-16)14-17-13-15(2)3/h15,17H,4-14H2,1-3H3. The molecule has 0 spiro atoms. The average Bonchev–Trinajstić information content (AvgIpc) is 2.39. The van der Waals surface area contributed by atoms with Gasteiger partial charge in [0.2, 0.25) is 0 Å². The Morgan fingerprint density at radius 1 is 1.21 bits per heavy atom. The van der Waals surface area contributed by atoms with E-state index in [4.69, 9.17) is 9.47 Å². The van der Waals surface area contributed by atoms with Gasteiger partial charge in [-0.15, -0.1) is 0 Å². The quantitative estimate of drug-likeness (QED) is 0.619. The summed E-state index contributed by atoms with van der Waals surface area (Å²) in [6, 6.07) is 0. The fourth-order valence-electron chi connectivity index (χ4n) is 2.58. The molecule has 0 aromatic carbocycles. The predicted octanol–water partition coefficient (Wildman–Crippen LogP) is 3.24. The van der Waals surface area contributed by atoms with Gasteiger partial charge in [-0.05, 0) is 43.6 Å². The molecular formula is C16H33NO2. The molecule has 0 aromatic rings. The van der Waals surface area contributed by atoms with Gasteiger partial charge in [0.15, 0.2) is 0 Å². The van der Waals surface area contributed by atoms with E-state index >= 15 is 0 Å². The predicted molar refractivity (Wildman–Crippen MR) is 80.5 cm³/mol. The number of rotatable bonds is 10. The fraction of sp³-hybridized carbons (Fsp3) is 1.00. The molecule has 1 saturated heterocycles. The highest BCUT2D eigenvalue weighted by atomic mass is 16.5. The molecule has 0 bridgehead atoms. The Labute approximate surface area is 119 Å². The lowest BCUT2D eigenvalue weighted by molar-refractivity contribution is -0.00660. The summed E-state index contributed by atoms with van der Waals surface area (Å²) in [7, 11) is 0. The van der Waals surface area contributed by atoms with Crippen molar-refractivity contribution in [1.82, 2.24) is 5.32 Å². The Morgan fingerprint density at radius 3 is 2.58 bits per heavy atom. The maximum Gasteiger partial charge on any atom is 0.0471 e. The van der Waals surface area contributed by atoms with Gasteiger partial charge in [-0.2, -0.15) is 0 Å². The molecule has 1 rings (SSSR count). The van der Waals surface area contributed by atoms with Crippen LogP contribution in [0.3, 0.4) is 0 Å². The summed E-state index contributed by atoms with van der Waals surface area (Å²) in [5.74, 6) is 0.720. The van der Waals surface area contributed by atoms with E-state index in [-0.39, 0.29) is 0 Å². The summed E-state index contributed by atoms with van der Waals surface area (Å²) in [4.78, 5) is 0. The molecule has 1 aliphatic heterocycles. The molecule has 114 valence electrons. The molecule has 1 aliphatic rings. The van der Waals surface area contributed by atoms with Gasteiger partial charge in [0.05, 0.1) is 0 Å². The lowest BCUT2D eigenvalue weighted by atomic mass is 9.77. The fourth-order valence-corrected chi connectivity index (χ4v) is 2.58. The first-order valence-electron chi connectivity index (χ1n) is 8.05. The van der Waals surface area contributed by atoms with E-state index in [9.17, 15) is 0 Å². The van der Waals surface area contributed by atoms with Gasteiger partial charge in [-0.25, -0.2) is 0 Å². The van der Waals surface area contributed by atoms with Crippen molar-refractivity contribution in [3.05, 3.63) is 0 Å². The van der Waals surface area contributed by atoms with Crippen LogP contribution in [0.4, 0.5) is 0 Å². The minimum atomic E-state index is 0.402. The van der Waals surface area contributed by atoms with E-state index in [1.54, 1.807) is 0 Å². The highest BCUT2D eigenvalue weighted by Crippen LogP contribution is 2.33. The van der Waals surface area contributed by atoms with Crippen LogP contribution < -0.4 is 5.32 Å². The van der Waals surface area contributed by atoms with Crippen molar-refractivity contribution in [2.75, 3.05) is 39.5 Å². The second-order valence-electron chi connectivity index (χ2n) is 6.35. The van der Waals surface area contributed by atoms with Crippen molar-refractivity contribution in [2.45, 2.75) is 52.9 Å². The number of unbranched alkanes of at least 4 members (excludes halogenated alkanes) is 1. The number of ether oxygens (including phenoxy) is 2. The largest absolute Gasteiger partial charge is 0.381 e. The van der Waals surface area contributed by atoms with E-state index in [1.165, 1.54) is 32.1 Å². The van der Waals surface area contributed by atoms with E-state index in [0.29, 0.717) is 5.41 Å². The maximum absolute atomic E-state index is 5.76. The van der Waals surface area contributed by atoms with E-state index in [1.807, 2.05) is 0 Å². The molecule has 1 N–H and O–H groups in total. The van der Waals surface area contributed by atoms with Crippen molar-refractivity contribution in [3.63, 3.8) is 0 Å². The summed E-state index contributed by atoms with van der Waals surface area (Å²) in [6.07, 6.45) is 5.92. The zero-order chi connectivity index (χ0) is 14.0. The van der Waals surface area contributed by atoms with Crippen molar-refractivity contribution in [2.24, 2.45) is 11.3 Å². The van der Waals surface area contributed by atoms with E-state index in [0.717, 1.165) is 45.4 Å². The number of hydrogen-bond donors (Lipinski definition) is 1. The van der Waals surface area contributed by atoms with Crippen LogP contribution in [0, 0.1) is 11.3 Å². The molecule has 0 aliphatic carbocycles. The highest BCUT2D eigenvalue weighted by molar-refractivity contribution is 4.84. The van der Waals surface area contributed by atoms with Crippen LogP contribution in [0.2, 0.25) is 0 Å². The lowest BCUT2D eigenvalue weighted by Gasteiger charge is -2.37. The third kappa shape index (κ3) is 7.28. The molecule has 0 atom stereocenters. The Balaban J connectivity index is 2.28. The summed E-state index contributed by atoms with van der Waals surface area (Å²) in [5, 5.41) is 3.64. The molecule has 19 heavy (non-hydrogen) atoms. The average molecular weight is 271 g/mol. The van der Waals surface area contributed by atoms with Crippen molar-refractivity contribution >= 4 is 0 Å². The third-order valence-corrected chi connectivity index (χ3v) is 4.03. The van der Waals surface area contributed by atoms with Gasteiger partial charge in [0.25, 0.3) is 0 Å². The summed E-state index contributed by atoms with van der Waals surface area (Å²) in [6.45, 7) is 12.6. The zero-order valence-electron chi connectivity index (χ0n) is 13.2. The van der Waals surface area contributed by atoms with Crippen molar-refractivity contribution < 1.29 is 9.47 Å². The molecule has 0 unspecified atom stereocenters. The van der Waals surface area contributed by atoms with Gasteiger partial charge >= 0.3 is 0 Å². The zero-order valence-corrected chi connectivity index (χ0v) is 13.2. The minimum absolute atomic E-state index is 0.402.